The second kappa shape index (κ2) is 5.64. The molecular weight excluding hydrogens is 253 g/mol. The molecule has 0 atom stereocenters. The molecule has 0 aliphatic rings. The third-order valence-electron chi connectivity index (χ3n) is 2.66. The number of carbonyl (C=O) groups is 2. The van der Waals surface area contributed by atoms with Crippen LogP contribution in [-0.2, 0) is 4.79 Å². The number of halogens is 1. The standard InChI is InChI=1S/C12H16FN3O3/c1-12(2,11(19)14-3)6-16-9-8(13)7(10(17)18)4-5-15-9/h4-5H,6H2,1-3H3,(H,14,19)(H,15,16)(H,17,18). The number of carbonyl (C=O) groups excluding carboxylic acids is 1. The number of aromatic nitrogens is 1. The van der Waals surface area contributed by atoms with Crippen LogP contribution in [0.2, 0.25) is 0 Å². The van der Waals surface area contributed by atoms with Gasteiger partial charge in [0.15, 0.2) is 11.6 Å². The average Bonchev–Trinajstić information content (AvgIpc) is 2.36. The van der Waals surface area contributed by atoms with Crippen molar-refractivity contribution in [1.82, 2.24) is 10.3 Å². The molecule has 0 fully saturated rings. The maximum Gasteiger partial charge on any atom is 0.338 e. The Hall–Kier alpha value is -2.18. The molecule has 0 radical (unpaired) electrons. The first-order valence-electron chi connectivity index (χ1n) is 5.63. The molecular formula is C12H16FN3O3. The van der Waals surface area contributed by atoms with Crippen molar-refractivity contribution in [2.24, 2.45) is 5.41 Å². The number of carboxylic acids is 1. The molecule has 0 saturated carbocycles. The van der Waals surface area contributed by atoms with E-state index in [4.69, 9.17) is 5.11 Å². The zero-order chi connectivity index (χ0) is 14.6. The number of rotatable bonds is 5. The number of amides is 1. The Morgan fingerprint density at radius 1 is 1.47 bits per heavy atom. The molecule has 1 rings (SSSR count). The maximum absolute atomic E-state index is 13.8. The summed E-state index contributed by atoms with van der Waals surface area (Å²) in [6, 6.07) is 1.08. The van der Waals surface area contributed by atoms with Crippen LogP contribution >= 0.6 is 0 Å². The SMILES string of the molecule is CNC(=O)C(C)(C)CNc1nccc(C(=O)O)c1F. The minimum atomic E-state index is -1.37. The van der Waals surface area contributed by atoms with Crippen LogP contribution in [0.15, 0.2) is 12.3 Å². The van der Waals surface area contributed by atoms with Gasteiger partial charge in [0.05, 0.1) is 5.41 Å². The molecule has 7 heteroatoms. The molecule has 19 heavy (non-hydrogen) atoms. The van der Waals surface area contributed by atoms with Crippen molar-refractivity contribution in [1.29, 1.82) is 0 Å². The summed E-state index contributed by atoms with van der Waals surface area (Å²) in [5.41, 5.74) is -1.24. The van der Waals surface area contributed by atoms with Gasteiger partial charge in [0.2, 0.25) is 5.91 Å². The van der Waals surface area contributed by atoms with Crippen molar-refractivity contribution < 1.29 is 19.1 Å². The first-order valence-corrected chi connectivity index (χ1v) is 5.63. The van der Waals surface area contributed by atoms with Crippen LogP contribution in [0.25, 0.3) is 0 Å². The summed E-state index contributed by atoms with van der Waals surface area (Å²) in [5, 5.41) is 13.9. The van der Waals surface area contributed by atoms with Gasteiger partial charge in [-0.2, -0.15) is 0 Å². The van der Waals surface area contributed by atoms with Crippen LogP contribution in [0, 0.1) is 11.2 Å². The summed E-state index contributed by atoms with van der Waals surface area (Å²) in [7, 11) is 1.51. The van der Waals surface area contributed by atoms with Gasteiger partial charge in [-0.1, -0.05) is 0 Å². The van der Waals surface area contributed by atoms with Gasteiger partial charge in [-0.25, -0.2) is 14.2 Å². The summed E-state index contributed by atoms with van der Waals surface area (Å²) in [5.74, 6) is -2.71. The highest BCUT2D eigenvalue weighted by molar-refractivity contribution is 5.88. The Morgan fingerprint density at radius 3 is 2.63 bits per heavy atom. The largest absolute Gasteiger partial charge is 0.478 e. The lowest BCUT2D eigenvalue weighted by molar-refractivity contribution is -0.128. The normalized spacial score (nSPS) is 10.9. The van der Waals surface area contributed by atoms with Gasteiger partial charge < -0.3 is 15.7 Å². The fraction of sp³-hybridized carbons (Fsp3) is 0.417. The zero-order valence-corrected chi connectivity index (χ0v) is 11.0. The number of nitrogens with one attached hydrogen (secondary N) is 2. The van der Waals surface area contributed by atoms with Gasteiger partial charge in [-0.15, -0.1) is 0 Å². The van der Waals surface area contributed by atoms with E-state index in [1.165, 1.54) is 13.2 Å². The number of carboxylic acid groups (broad SMARTS) is 1. The summed E-state index contributed by atoms with van der Waals surface area (Å²) < 4.78 is 13.8. The molecule has 1 aromatic heterocycles. The van der Waals surface area contributed by atoms with Gasteiger partial charge in [0.25, 0.3) is 0 Å². The predicted molar refractivity (Wildman–Crippen MR) is 67.5 cm³/mol. The fourth-order valence-electron chi connectivity index (χ4n) is 1.46. The van der Waals surface area contributed by atoms with Crippen LogP contribution in [0.1, 0.15) is 24.2 Å². The van der Waals surface area contributed by atoms with Crippen molar-refractivity contribution in [2.75, 3.05) is 18.9 Å². The smallest absolute Gasteiger partial charge is 0.338 e. The summed E-state index contributed by atoms with van der Waals surface area (Å²) >= 11 is 0. The monoisotopic (exact) mass is 269 g/mol. The van der Waals surface area contributed by atoms with Crippen molar-refractivity contribution in [3.8, 4) is 0 Å². The fourth-order valence-corrected chi connectivity index (χ4v) is 1.46. The van der Waals surface area contributed by atoms with E-state index in [9.17, 15) is 14.0 Å². The highest BCUT2D eigenvalue weighted by Crippen LogP contribution is 2.19. The highest BCUT2D eigenvalue weighted by Gasteiger charge is 2.27. The van der Waals surface area contributed by atoms with Crippen molar-refractivity contribution in [3.63, 3.8) is 0 Å². The molecule has 0 aliphatic heterocycles. The number of pyridine rings is 1. The molecule has 0 spiro atoms. The molecule has 6 nitrogen and oxygen atoms in total. The van der Waals surface area contributed by atoms with E-state index in [0.29, 0.717) is 0 Å². The van der Waals surface area contributed by atoms with Gasteiger partial charge >= 0.3 is 5.97 Å². The quantitative estimate of drug-likeness (QED) is 0.744. The lowest BCUT2D eigenvalue weighted by atomic mass is 9.92. The van der Waals surface area contributed by atoms with Crippen molar-refractivity contribution in [3.05, 3.63) is 23.6 Å². The van der Waals surface area contributed by atoms with Gasteiger partial charge in [-0.05, 0) is 19.9 Å². The molecule has 0 aromatic carbocycles. The third kappa shape index (κ3) is 3.40. The van der Waals surface area contributed by atoms with Crippen LogP contribution < -0.4 is 10.6 Å². The molecule has 0 saturated heterocycles. The molecule has 1 heterocycles. The lowest BCUT2D eigenvalue weighted by Crippen LogP contribution is -2.39. The van der Waals surface area contributed by atoms with E-state index in [2.05, 4.69) is 15.6 Å². The Bertz CT molecular complexity index is 503. The topological polar surface area (TPSA) is 91.3 Å². The van der Waals surface area contributed by atoms with Gasteiger partial charge in [-0.3, -0.25) is 4.79 Å². The Morgan fingerprint density at radius 2 is 2.11 bits per heavy atom. The van der Waals surface area contributed by atoms with Crippen molar-refractivity contribution >= 4 is 17.7 Å². The van der Waals surface area contributed by atoms with Crippen molar-refractivity contribution in [2.45, 2.75) is 13.8 Å². The first-order chi connectivity index (χ1) is 8.79. The number of aromatic carboxylic acids is 1. The summed E-state index contributed by atoms with van der Waals surface area (Å²) in [6.07, 6.45) is 1.20. The zero-order valence-electron chi connectivity index (χ0n) is 11.0. The Kier molecular flexibility index (Phi) is 4.42. The Balaban J connectivity index is 2.87. The first kappa shape index (κ1) is 14.9. The second-order valence-corrected chi connectivity index (χ2v) is 4.64. The average molecular weight is 269 g/mol. The molecule has 104 valence electrons. The van der Waals surface area contributed by atoms with E-state index in [-0.39, 0.29) is 18.3 Å². The molecule has 1 amide bonds. The summed E-state index contributed by atoms with van der Waals surface area (Å²) in [4.78, 5) is 26.1. The predicted octanol–water partition coefficient (Wildman–Crippen LogP) is 1.10. The minimum Gasteiger partial charge on any atom is -0.478 e. The van der Waals surface area contributed by atoms with E-state index >= 15 is 0 Å². The molecule has 0 bridgehead atoms. The van der Waals surface area contributed by atoms with Crippen LogP contribution in [-0.4, -0.2) is 35.6 Å². The van der Waals surface area contributed by atoms with Gasteiger partial charge in [0, 0.05) is 19.8 Å². The minimum absolute atomic E-state index is 0.125. The maximum atomic E-state index is 13.8. The highest BCUT2D eigenvalue weighted by atomic mass is 19.1. The molecule has 1 aromatic rings. The molecule has 0 unspecified atom stereocenters. The van der Waals surface area contributed by atoms with Crippen LogP contribution in [0.3, 0.4) is 0 Å². The Labute approximate surface area is 110 Å². The van der Waals surface area contributed by atoms with E-state index in [1.54, 1.807) is 13.8 Å². The number of hydrogen-bond donors (Lipinski definition) is 3. The molecule has 3 N–H and O–H groups in total. The lowest BCUT2D eigenvalue weighted by Gasteiger charge is -2.23. The number of anilines is 1. The second-order valence-electron chi connectivity index (χ2n) is 4.64. The van der Waals surface area contributed by atoms with E-state index in [1.807, 2.05) is 0 Å². The number of nitrogens with zero attached hydrogens (tertiary/aromatic N) is 1. The third-order valence-corrected chi connectivity index (χ3v) is 2.66. The van der Waals surface area contributed by atoms with Crippen LogP contribution in [0.5, 0.6) is 0 Å². The van der Waals surface area contributed by atoms with E-state index in [0.717, 1.165) is 6.07 Å². The van der Waals surface area contributed by atoms with Gasteiger partial charge in [0.1, 0.15) is 5.56 Å². The molecule has 0 aliphatic carbocycles. The summed E-state index contributed by atoms with van der Waals surface area (Å²) in [6.45, 7) is 3.48. The van der Waals surface area contributed by atoms with E-state index < -0.39 is 22.8 Å². The number of hydrogen-bond acceptors (Lipinski definition) is 4. The van der Waals surface area contributed by atoms with Crippen LogP contribution in [0.4, 0.5) is 10.2 Å².